The molecule has 0 aliphatic heterocycles. The maximum absolute atomic E-state index is 11.3. The van der Waals surface area contributed by atoms with Gasteiger partial charge in [0.2, 0.25) is 5.13 Å². The maximum Gasteiger partial charge on any atom is 0.315 e. The molecule has 0 aromatic carbocycles. The summed E-state index contributed by atoms with van der Waals surface area (Å²) in [5.74, 6) is -0.858. The second-order valence-electron chi connectivity index (χ2n) is 3.64. The first-order valence-corrected chi connectivity index (χ1v) is 5.83. The van der Waals surface area contributed by atoms with Crippen molar-refractivity contribution in [2.75, 3.05) is 11.9 Å². The second kappa shape index (κ2) is 6.16. The van der Waals surface area contributed by atoms with Crippen molar-refractivity contribution in [1.29, 1.82) is 0 Å². The molecule has 0 radical (unpaired) electrons. The number of nitrogens with zero attached hydrogens (tertiary/aromatic N) is 2. The minimum atomic E-state index is -0.708. The summed E-state index contributed by atoms with van der Waals surface area (Å²) in [6, 6.07) is 0. The molecule has 1 rings (SSSR count). The van der Waals surface area contributed by atoms with Gasteiger partial charge in [0, 0.05) is 6.54 Å². The highest BCUT2D eigenvalue weighted by molar-refractivity contribution is 7.13. The number of carbonyl (C=O) groups excluding carboxylic acids is 2. The first kappa shape index (κ1) is 12.6. The quantitative estimate of drug-likeness (QED) is 0.759. The van der Waals surface area contributed by atoms with Gasteiger partial charge in [-0.05, 0) is 12.3 Å². The molecule has 1 aromatic rings. The lowest BCUT2D eigenvalue weighted by atomic mass is 10.1. The number of hydrogen-bond acceptors (Lipinski definition) is 5. The normalized spacial score (nSPS) is 10.2. The highest BCUT2D eigenvalue weighted by atomic mass is 32.1. The van der Waals surface area contributed by atoms with Gasteiger partial charge < -0.3 is 5.32 Å². The van der Waals surface area contributed by atoms with E-state index in [1.165, 1.54) is 5.51 Å². The maximum atomic E-state index is 11.3. The van der Waals surface area contributed by atoms with Gasteiger partial charge in [-0.25, -0.2) is 0 Å². The van der Waals surface area contributed by atoms with E-state index in [4.69, 9.17) is 0 Å². The SMILES string of the molecule is CC(C)CCNC(=O)C(=O)Nc1nncs1. The van der Waals surface area contributed by atoms with Crippen LogP contribution < -0.4 is 10.6 Å². The fourth-order valence-electron chi connectivity index (χ4n) is 0.936. The molecule has 0 saturated heterocycles. The summed E-state index contributed by atoms with van der Waals surface area (Å²) in [6.45, 7) is 4.60. The van der Waals surface area contributed by atoms with Crippen LogP contribution in [0.1, 0.15) is 20.3 Å². The minimum absolute atomic E-state index is 0.323. The van der Waals surface area contributed by atoms with Crippen LogP contribution in [0.4, 0.5) is 5.13 Å². The zero-order valence-corrected chi connectivity index (χ0v) is 10.0. The molecule has 7 heteroatoms. The summed E-state index contributed by atoms with van der Waals surface area (Å²) in [6.07, 6.45) is 0.845. The van der Waals surface area contributed by atoms with Gasteiger partial charge in [0.05, 0.1) is 0 Å². The lowest BCUT2D eigenvalue weighted by Gasteiger charge is -2.06. The number of amides is 2. The average molecular weight is 242 g/mol. The van der Waals surface area contributed by atoms with Gasteiger partial charge >= 0.3 is 11.8 Å². The van der Waals surface area contributed by atoms with Gasteiger partial charge in [0.15, 0.2) is 0 Å². The molecule has 0 aliphatic rings. The summed E-state index contributed by atoms with van der Waals surface area (Å²) in [7, 11) is 0. The lowest BCUT2D eigenvalue weighted by molar-refractivity contribution is -0.136. The van der Waals surface area contributed by atoms with Crippen LogP contribution >= 0.6 is 11.3 Å². The van der Waals surface area contributed by atoms with Crippen molar-refractivity contribution in [2.45, 2.75) is 20.3 Å². The number of nitrogens with one attached hydrogen (secondary N) is 2. The number of rotatable bonds is 4. The molecule has 1 aromatic heterocycles. The number of hydrogen-bond donors (Lipinski definition) is 2. The highest BCUT2D eigenvalue weighted by Gasteiger charge is 2.14. The van der Waals surface area contributed by atoms with Crippen molar-refractivity contribution in [3.05, 3.63) is 5.51 Å². The Morgan fingerprint density at radius 2 is 2.19 bits per heavy atom. The average Bonchev–Trinajstić information content (AvgIpc) is 2.69. The van der Waals surface area contributed by atoms with Crippen molar-refractivity contribution >= 4 is 28.3 Å². The van der Waals surface area contributed by atoms with Crippen LogP contribution in [-0.2, 0) is 9.59 Å². The topological polar surface area (TPSA) is 84.0 Å². The van der Waals surface area contributed by atoms with E-state index in [2.05, 4.69) is 20.8 Å². The molecule has 0 bridgehead atoms. The molecule has 2 amide bonds. The van der Waals surface area contributed by atoms with E-state index in [0.29, 0.717) is 17.6 Å². The van der Waals surface area contributed by atoms with Crippen molar-refractivity contribution in [1.82, 2.24) is 15.5 Å². The van der Waals surface area contributed by atoms with Gasteiger partial charge in [0.1, 0.15) is 5.51 Å². The molecule has 0 spiro atoms. The Labute approximate surface area is 97.5 Å². The molecular weight excluding hydrogens is 228 g/mol. The second-order valence-corrected chi connectivity index (χ2v) is 4.47. The molecule has 6 nitrogen and oxygen atoms in total. The lowest BCUT2D eigenvalue weighted by Crippen LogP contribution is -2.36. The van der Waals surface area contributed by atoms with Crippen molar-refractivity contribution in [2.24, 2.45) is 5.92 Å². The number of anilines is 1. The van der Waals surface area contributed by atoms with Gasteiger partial charge in [0.25, 0.3) is 0 Å². The van der Waals surface area contributed by atoms with Crippen LogP contribution in [0.3, 0.4) is 0 Å². The zero-order chi connectivity index (χ0) is 12.0. The summed E-state index contributed by atoms with van der Waals surface area (Å²) in [5.41, 5.74) is 1.48. The van der Waals surface area contributed by atoms with Crippen LogP contribution in [0.25, 0.3) is 0 Å². The number of aromatic nitrogens is 2. The van der Waals surface area contributed by atoms with E-state index >= 15 is 0 Å². The zero-order valence-electron chi connectivity index (χ0n) is 9.19. The molecule has 0 aliphatic carbocycles. The third kappa shape index (κ3) is 4.35. The van der Waals surface area contributed by atoms with E-state index in [-0.39, 0.29) is 0 Å². The number of carbonyl (C=O) groups is 2. The van der Waals surface area contributed by atoms with Crippen LogP contribution in [0.5, 0.6) is 0 Å². The van der Waals surface area contributed by atoms with E-state index in [1.807, 2.05) is 13.8 Å². The largest absolute Gasteiger partial charge is 0.348 e. The Bertz CT molecular complexity index is 350. The Balaban J connectivity index is 2.28. The first-order chi connectivity index (χ1) is 7.59. The van der Waals surface area contributed by atoms with Crippen LogP contribution in [-0.4, -0.2) is 28.6 Å². The monoisotopic (exact) mass is 242 g/mol. The van der Waals surface area contributed by atoms with Gasteiger partial charge in [-0.1, -0.05) is 25.2 Å². The highest BCUT2D eigenvalue weighted by Crippen LogP contribution is 2.07. The summed E-state index contributed by atoms with van der Waals surface area (Å²) in [5, 5.41) is 12.4. The Kier molecular flexibility index (Phi) is 4.84. The standard InChI is InChI=1S/C9H14N4O2S/c1-6(2)3-4-10-7(14)8(15)12-9-13-11-5-16-9/h5-6H,3-4H2,1-2H3,(H,10,14)(H,12,13,15). The molecule has 1 heterocycles. The third-order valence-electron chi connectivity index (χ3n) is 1.79. The Morgan fingerprint density at radius 3 is 2.75 bits per heavy atom. The van der Waals surface area contributed by atoms with Gasteiger partial charge in [-0.2, -0.15) is 0 Å². The van der Waals surface area contributed by atoms with E-state index in [9.17, 15) is 9.59 Å². The van der Waals surface area contributed by atoms with E-state index in [0.717, 1.165) is 17.8 Å². The first-order valence-electron chi connectivity index (χ1n) is 4.95. The van der Waals surface area contributed by atoms with Crippen LogP contribution in [0.15, 0.2) is 5.51 Å². The summed E-state index contributed by atoms with van der Waals surface area (Å²) < 4.78 is 0. The fourth-order valence-corrected chi connectivity index (χ4v) is 1.38. The molecule has 16 heavy (non-hydrogen) atoms. The fraction of sp³-hybridized carbons (Fsp3) is 0.556. The molecule has 0 saturated carbocycles. The van der Waals surface area contributed by atoms with Crippen molar-refractivity contribution in [3.8, 4) is 0 Å². The van der Waals surface area contributed by atoms with E-state index < -0.39 is 11.8 Å². The molecule has 88 valence electrons. The molecule has 0 unspecified atom stereocenters. The summed E-state index contributed by atoms with van der Waals surface area (Å²) >= 11 is 1.16. The Hall–Kier alpha value is -1.50. The van der Waals surface area contributed by atoms with Crippen molar-refractivity contribution < 1.29 is 9.59 Å². The minimum Gasteiger partial charge on any atom is -0.348 e. The van der Waals surface area contributed by atoms with Gasteiger partial charge in [-0.15, -0.1) is 10.2 Å². The predicted molar refractivity (Wildman–Crippen MR) is 61.0 cm³/mol. The van der Waals surface area contributed by atoms with Gasteiger partial charge in [-0.3, -0.25) is 14.9 Å². The van der Waals surface area contributed by atoms with Crippen LogP contribution in [0, 0.1) is 5.92 Å². The van der Waals surface area contributed by atoms with Crippen LogP contribution in [0.2, 0.25) is 0 Å². The van der Waals surface area contributed by atoms with E-state index in [1.54, 1.807) is 0 Å². The summed E-state index contributed by atoms with van der Waals surface area (Å²) in [4.78, 5) is 22.6. The molecule has 0 fully saturated rings. The van der Waals surface area contributed by atoms with Crippen molar-refractivity contribution in [3.63, 3.8) is 0 Å². The predicted octanol–water partition coefficient (Wildman–Crippen LogP) is 0.639. The molecular formula is C9H14N4O2S. The molecule has 2 N–H and O–H groups in total. The Morgan fingerprint density at radius 1 is 1.44 bits per heavy atom. The third-order valence-corrected chi connectivity index (χ3v) is 2.40. The smallest absolute Gasteiger partial charge is 0.315 e. The molecule has 0 atom stereocenters.